The highest BCUT2D eigenvalue weighted by Gasteiger charge is 2.43. The van der Waals surface area contributed by atoms with Gasteiger partial charge in [-0.3, -0.25) is 4.79 Å². The number of methoxy groups -OCH3 is 1. The number of hydrogen-bond acceptors (Lipinski definition) is 5. The minimum Gasteiger partial charge on any atom is -0.481 e. The van der Waals surface area contributed by atoms with E-state index in [2.05, 4.69) is 5.32 Å². The number of alkyl halides is 3. The van der Waals surface area contributed by atoms with Crippen molar-refractivity contribution in [2.24, 2.45) is 0 Å². The van der Waals surface area contributed by atoms with E-state index in [0.717, 1.165) is 6.07 Å². The summed E-state index contributed by atoms with van der Waals surface area (Å²) >= 11 is 0. The summed E-state index contributed by atoms with van der Waals surface area (Å²) in [6.45, 7) is 1.25. The zero-order valence-corrected chi connectivity index (χ0v) is 17.4. The molecule has 0 aliphatic rings. The Morgan fingerprint density at radius 3 is 2.50 bits per heavy atom. The number of carboxylic acid groups (broad SMARTS) is 1. The van der Waals surface area contributed by atoms with Gasteiger partial charge in [-0.1, -0.05) is 12.1 Å². The molecule has 0 radical (unpaired) electrons. The summed E-state index contributed by atoms with van der Waals surface area (Å²) in [6, 6.07) is 9.17. The molecule has 2 rings (SSSR count). The Morgan fingerprint density at radius 2 is 1.97 bits per heavy atom. The van der Waals surface area contributed by atoms with Crippen LogP contribution in [0.5, 0.6) is 0 Å². The molecule has 2 N–H and O–H groups in total. The van der Waals surface area contributed by atoms with Gasteiger partial charge >= 0.3 is 12.1 Å². The molecule has 2 unspecified atom stereocenters. The highest BCUT2D eigenvalue weighted by atomic mass is 19.4. The van der Waals surface area contributed by atoms with Crippen molar-refractivity contribution in [3.05, 3.63) is 58.9 Å². The van der Waals surface area contributed by atoms with Crippen molar-refractivity contribution in [2.45, 2.75) is 31.5 Å². The fraction of sp³-hybridized carbons (Fsp3) is 0.364. The smallest absolute Gasteiger partial charge is 0.418 e. The van der Waals surface area contributed by atoms with Gasteiger partial charge in [0, 0.05) is 36.6 Å². The summed E-state index contributed by atoms with van der Waals surface area (Å²) < 4.78 is 65.1. The average molecular weight is 454 g/mol. The molecule has 0 saturated heterocycles. The Labute approximate surface area is 182 Å². The van der Waals surface area contributed by atoms with Gasteiger partial charge in [0.2, 0.25) is 0 Å². The van der Waals surface area contributed by atoms with Crippen LogP contribution in [0.4, 0.5) is 28.9 Å². The van der Waals surface area contributed by atoms with Gasteiger partial charge in [-0.25, -0.2) is 4.39 Å². The molecule has 0 aromatic heterocycles. The van der Waals surface area contributed by atoms with Crippen LogP contribution in [0.15, 0.2) is 36.4 Å². The predicted octanol–water partition coefficient (Wildman–Crippen LogP) is 5.29. The number of ether oxygens (including phenoxy) is 2. The summed E-state index contributed by atoms with van der Waals surface area (Å²) in [5.41, 5.74) is 0.0350. The lowest BCUT2D eigenvalue weighted by Crippen LogP contribution is -2.24. The van der Waals surface area contributed by atoms with Crippen LogP contribution in [-0.2, 0) is 14.3 Å². The lowest BCUT2D eigenvalue weighted by Gasteiger charge is -2.25. The molecule has 172 valence electrons. The number of nitriles is 1. The van der Waals surface area contributed by atoms with Crippen LogP contribution in [0.3, 0.4) is 0 Å². The van der Waals surface area contributed by atoms with E-state index in [4.69, 9.17) is 19.8 Å². The first-order chi connectivity index (χ1) is 15.1. The van der Waals surface area contributed by atoms with Gasteiger partial charge in [-0.05, 0) is 36.8 Å². The maximum absolute atomic E-state index is 14.0. The Balaban J connectivity index is 2.59. The molecular formula is C22H22F4N2O4. The number of nitrogens with zero attached hydrogens (tertiary/aromatic N) is 1. The molecule has 2 aromatic carbocycles. The Bertz CT molecular complexity index is 989. The van der Waals surface area contributed by atoms with E-state index in [1.54, 1.807) is 6.07 Å². The minimum absolute atomic E-state index is 0.0325. The summed E-state index contributed by atoms with van der Waals surface area (Å²) in [6.07, 6.45) is -7.28. The molecule has 0 bridgehead atoms. The van der Waals surface area contributed by atoms with E-state index < -0.39 is 30.0 Å². The van der Waals surface area contributed by atoms with Crippen LogP contribution in [0.25, 0.3) is 0 Å². The normalized spacial score (nSPS) is 13.3. The molecule has 0 amide bonds. The van der Waals surface area contributed by atoms with Crippen molar-refractivity contribution in [3.63, 3.8) is 0 Å². The van der Waals surface area contributed by atoms with E-state index >= 15 is 0 Å². The average Bonchev–Trinajstić information content (AvgIpc) is 2.71. The van der Waals surface area contributed by atoms with E-state index in [1.807, 2.05) is 0 Å². The fourth-order valence-electron chi connectivity index (χ4n) is 3.22. The van der Waals surface area contributed by atoms with Crippen LogP contribution in [0.1, 0.15) is 42.1 Å². The lowest BCUT2D eigenvalue weighted by atomic mass is 9.93. The highest BCUT2D eigenvalue weighted by molar-refractivity contribution is 5.69. The molecule has 32 heavy (non-hydrogen) atoms. The fourth-order valence-corrected chi connectivity index (χ4v) is 3.22. The monoisotopic (exact) mass is 454 g/mol. The van der Waals surface area contributed by atoms with Gasteiger partial charge in [0.05, 0.1) is 18.6 Å². The van der Waals surface area contributed by atoms with Gasteiger partial charge in [-0.15, -0.1) is 0 Å². The van der Waals surface area contributed by atoms with Gasteiger partial charge in [0.1, 0.15) is 11.9 Å². The third-order valence-corrected chi connectivity index (χ3v) is 4.62. The Morgan fingerprint density at radius 1 is 1.25 bits per heavy atom. The molecule has 0 saturated carbocycles. The second-order valence-corrected chi connectivity index (χ2v) is 6.91. The minimum atomic E-state index is -4.73. The SMILES string of the molecule is CCOC(c1ccc(C(COC)CC(=O)O)cc1Nc1ccc(C#N)c(F)c1)C(F)(F)F. The maximum Gasteiger partial charge on any atom is 0.418 e. The highest BCUT2D eigenvalue weighted by Crippen LogP contribution is 2.41. The Kier molecular flexibility index (Phi) is 8.57. The zero-order valence-electron chi connectivity index (χ0n) is 17.4. The van der Waals surface area contributed by atoms with Crippen molar-refractivity contribution >= 4 is 17.3 Å². The van der Waals surface area contributed by atoms with Crippen molar-refractivity contribution in [1.29, 1.82) is 5.26 Å². The van der Waals surface area contributed by atoms with Gasteiger partial charge < -0.3 is 19.9 Å². The standard InChI is InChI=1S/C22H22F4N2O4/c1-3-32-21(22(24,25)26)17-7-5-13(15(12-31-2)9-20(29)30)8-19(17)28-16-6-4-14(11-27)18(23)10-16/h4-8,10,15,21,28H,3,9,12H2,1-2H3,(H,29,30). The number of anilines is 2. The summed E-state index contributed by atoms with van der Waals surface area (Å²) in [7, 11) is 1.39. The Hall–Kier alpha value is -3.16. The van der Waals surface area contributed by atoms with Crippen LogP contribution in [0.2, 0.25) is 0 Å². The number of carboxylic acids is 1. The molecule has 0 aliphatic carbocycles. The molecule has 0 aliphatic heterocycles. The molecule has 6 nitrogen and oxygen atoms in total. The maximum atomic E-state index is 14.0. The van der Waals surface area contributed by atoms with Crippen LogP contribution in [-0.4, -0.2) is 37.6 Å². The van der Waals surface area contributed by atoms with Crippen molar-refractivity contribution in [1.82, 2.24) is 0 Å². The predicted molar refractivity (Wildman–Crippen MR) is 108 cm³/mol. The second kappa shape index (κ2) is 10.9. The summed E-state index contributed by atoms with van der Waals surface area (Å²) in [5.74, 6) is -2.56. The topological polar surface area (TPSA) is 91.6 Å². The zero-order chi connectivity index (χ0) is 23.9. The number of aliphatic carboxylic acids is 1. The van der Waals surface area contributed by atoms with Crippen molar-refractivity contribution in [2.75, 3.05) is 25.6 Å². The van der Waals surface area contributed by atoms with Gasteiger partial charge in [-0.2, -0.15) is 18.4 Å². The molecule has 0 heterocycles. The van der Waals surface area contributed by atoms with Gasteiger partial charge in [0.25, 0.3) is 0 Å². The third-order valence-electron chi connectivity index (χ3n) is 4.62. The molecule has 0 spiro atoms. The van der Waals surface area contributed by atoms with Gasteiger partial charge in [0.15, 0.2) is 6.10 Å². The van der Waals surface area contributed by atoms with Crippen LogP contribution in [0, 0.1) is 17.1 Å². The van der Waals surface area contributed by atoms with E-state index in [0.29, 0.717) is 5.56 Å². The molecule has 0 fully saturated rings. The third kappa shape index (κ3) is 6.42. The quantitative estimate of drug-likeness (QED) is 0.475. The molecule has 2 aromatic rings. The number of benzene rings is 2. The van der Waals surface area contributed by atoms with E-state index in [1.165, 1.54) is 44.4 Å². The molecule has 10 heteroatoms. The number of hydrogen-bond donors (Lipinski definition) is 2. The first kappa shape index (κ1) is 25.1. The summed E-state index contributed by atoms with van der Waals surface area (Å²) in [5, 5.41) is 20.8. The molecular weight excluding hydrogens is 432 g/mol. The summed E-state index contributed by atoms with van der Waals surface area (Å²) in [4.78, 5) is 11.2. The van der Waals surface area contributed by atoms with Crippen LogP contribution < -0.4 is 5.32 Å². The largest absolute Gasteiger partial charge is 0.481 e. The lowest BCUT2D eigenvalue weighted by molar-refractivity contribution is -0.222. The van der Waals surface area contributed by atoms with E-state index in [9.17, 15) is 22.4 Å². The van der Waals surface area contributed by atoms with E-state index in [-0.39, 0.29) is 42.1 Å². The number of carbonyl (C=O) groups is 1. The molecule has 2 atom stereocenters. The van der Waals surface area contributed by atoms with Crippen LogP contribution >= 0.6 is 0 Å². The van der Waals surface area contributed by atoms with Crippen molar-refractivity contribution in [3.8, 4) is 6.07 Å². The van der Waals surface area contributed by atoms with Crippen molar-refractivity contribution < 1.29 is 36.9 Å². The second-order valence-electron chi connectivity index (χ2n) is 6.91. The first-order valence-corrected chi connectivity index (χ1v) is 9.60. The number of rotatable bonds is 10. The first-order valence-electron chi connectivity index (χ1n) is 9.60. The number of nitrogens with one attached hydrogen (secondary N) is 1. The number of halogens is 4.